The molecule has 1 rings (SSSR count). The molecule has 0 aromatic carbocycles. The number of nitrogens with one attached hydrogen (secondary N) is 2. The Morgan fingerprint density at radius 3 is 2.62 bits per heavy atom. The molecule has 0 radical (unpaired) electrons. The summed E-state index contributed by atoms with van der Waals surface area (Å²) in [6.45, 7) is 4.02. The third-order valence-electron chi connectivity index (χ3n) is 2.42. The van der Waals surface area contributed by atoms with Gasteiger partial charge in [-0.3, -0.25) is 0 Å². The molecule has 0 bridgehead atoms. The summed E-state index contributed by atoms with van der Waals surface area (Å²) in [5.74, 6) is 0.584. The molecule has 0 aliphatic heterocycles. The minimum atomic E-state index is -3.46. The molecule has 0 spiro atoms. The first-order valence-corrected chi connectivity index (χ1v) is 6.49. The third-order valence-corrected chi connectivity index (χ3v) is 3.75. The normalized spacial score (nSPS) is 14.3. The van der Waals surface area contributed by atoms with Crippen LogP contribution in [0.4, 0.5) is 0 Å². The van der Waals surface area contributed by atoms with Crippen LogP contribution in [0, 0.1) is 6.92 Å². The van der Waals surface area contributed by atoms with Crippen molar-refractivity contribution >= 4 is 10.0 Å². The van der Waals surface area contributed by atoms with Gasteiger partial charge < -0.3 is 9.88 Å². The largest absolute Gasteiger partial charge is 0.332 e. The maximum atomic E-state index is 11.8. The Balaban J connectivity index is 2.67. The maximum absolute atomic E-state index is 11.8. The van der Waals surface area contributed by atoms with Crippen molar-refractivity contribution < 1.29 is 8.42 Å². The van der Waals surface area contributed by atoms with Gasteiger partial charge in [0.1, 0.15) is 5.82 Å². The second-order valence-electron chi connectivity index (χ2n) is 4.00. The standard InChI is InChI=1S/C9H18N4O2S/c1-7(13(3)4)5-11-16(14,15)9-6-10-8(2)12-9/h6-7,11H,5H2,1-4H3,(H,10,12). The number of aromatic amines is 1. The van der Waals surface area contributed by atoms with E-state index in [0.29, 0.717) is 12.4 Å². The molecule has 0 saturated heterocycles. The van der Waals surface area contributed by atoms with E-state index in [1.54, 1.807) is 6.92 Å². The van der Waals surface area contributed by atoms with Crippen LogP contribution in [0.3, 0.4) is 0 Å². The van der Waals surface area contributed by atoms with Gasteiger partial charge in [0.05, 0.1) is 6.20 Å². The maximum Gasteiger partial charge on any atom is 0.257 e. The molecule has 0 amide bonds. The predicted octanol–water partition coefficient (Wildman–Crippen LogP) is -0.0535. The Labute approximate surface area is 96.1 Å². The fourth-order valence-electron chi connectivity index (χ4n) is 1.03. The summed E-state index contributed by atoms with van der Waals surface area (Å²) in [5.41, 5.74) is 0. The Morgan fingerprint density at radius 2 is 2.19 bits per heavy atom. The van der Waals surface area contributed by atoms with E-state index < -0.39 is 10.0 Å². The van der Waals surface area contributed by atoms with Crippen molar-refractivity contribution in [2.75, 3.05) is 20.6 Å². The van der Waals surface area contributed by atoms with Crippen molar-refractivity contribution in [1.82, 2.24) is 19.6 Å². The lowest BCUT2D eigenvalue weighted by Gasteiger charge is -2.19. The molecule has 0 aliphatic rings. The number of aryl methyl sites for hydroxylation is 1. The SMILES string of the molecule is Cc1ncc(S(=O)(=O)NCC(C)N(C)C)[nH]1. The van der Waals surface area contributed by atoms with Crippen LogP contribution >= 0.6 is 0 Å². The van der Waals surface area contributed by atoms with E-state index in [0.717, 1.165) is 0 Å². The van der Waals surface area contributed by atoms with Gasteiger partial charge in [-0.05, 0) is 27.9 Å². The van der Waals surface area contributed by atoms with Crippen LogP contribution in [0.25, 0.3) is 0 Å². The average Bonchev–Trinajstić information content (AvgIpc) is 2.61. The molecular formula is C9H18N4O2S. The van der Waals surface area contributed by atoms with Crippen LogP contribution in [0.15, 0.2) is 11.2 Å². The molecular weight excluding hydrogens is 228 g/mol. The minimum absolute atomic E-state index is 0.107. The van der Waals surface area contributed by atoms with Gasteiger partial charge in [0.15, 0.2) is 5.03 Å². The zero-order valence-electron chi connectivity index (χ0n) is 9.98. The molecule has 92 valence electrons. The van der Waals surface area contributed by atoms with Crippen molar-refractivity contribution in [2.45, 2.75) is 24.9 Å². The number of rotatable bonds is 5. The van der Waals surface area contributed by atoms with Gasteiger partial charge in [0.2, 0.25) is 0 Å². The number of aromatic nitrogens is 2. The zero-order valence-corrected chi connectivity index (χ0v) is 10.8. The van der Waals surface area contributed by atoms with E-state index in [-0.39, 0.29) is 11.1 Å². The summed E-state index contributed by atoms with van der Waals surface area (Å²) in [6, 6.07) is 0.138. The minimum Gasteiger partial charge on any atom is -0.332 e. The van der Waals surface area contributed by atoms with Gasteiger partial charge in [0.25, 0.3) is 10.0 Å². The molecule has 0 saturated carbocycles. The summed E-state index contributed by atoms with van der Waals surface area (Å²) >= 11 is 0. The van der Waals surface area contributed by atoms with E-state index in [9.17, 15) is 8.42 Å². The zero-order chi connectivity index (χ0) is 12.3. The molecule has 0 fully saturated rings. The summed E-state index contributed by atoms with van der Waals surface area (Å²) in [7, 11) is 0.341. The average molecular weight is 246 g/mol. The summed E-state index contributed by atoms with van der Waals surface area (Å²) in [6.07, 6.45) is 1.32. The lowest BCUT2D eigenvalue weighted by Crippen LogP contribution is -2.38. The van der Waals surface area contributed by atoms with Crippen LogP contribution in [0.2, 0.25) is 0 Å². The molecule has 1 unspecified atom stereocenters. The first-order valence-electron chi connectivity index (χ1n) is 5.00. The number of hydrogen-bond donors (Lipinski definition) is 2. The van der Waals surface area contributed by atoms with Gasteiger partial charge in [-0.25, -0.2) is 18.1 Å². The van der Waals surface area contributed by atoms with E-state index in [4.69, 9.17) is 0 Å². The van der Waals surface area contributed by atoms with Crippen molar-refractivity contribution in [3.05, 3.63) is 12.0 Å². The van der Waals surface area contributed by atoms with Crippen LogP contribution < -0.4 is 4.72 Å². The highest BCUT2D eigenvalue weighted by atomic mass is 32.2. The number of sulfonamides is 1. The van der Waals surface area contributed by atoms with Gasteiger partial charge in [0, 0.05) is 12.6 Å². The van der Waals surface area contributed by atoms with Gasteiger partial charge in [-0.2, -0.15) is 0 Å². The molecule has 2 N–H and O–H groups in total. The number of H-pyrrole nitrogens is 1. The molecule has 1 heterocycles. The highest BCUT2D eigenvalue weighted by Gasteiger charge is 2.17. The summed E-state index contributed by atoms with van der Waals surface area (Å²) in [4.78, 5) is 8.50. The molecule has 16 heavy (non-hydrogen) atoms. The van der Waals surface area contributed by atoms with Crippen LogP contribution in [0.1, 0.15) is 12.7 Å². The first kappa shape index (κ1) is 13.1. The highest BCUT2D eigenvalue weighted by Crippen LogP contribution is 2.04. The van der Waals surface area contributed by atoms with Gasteiger partial charge in [-0.1, -0.05) is 0 Å². The lowest BCUT2D eigenvalue weighted by atomic mass is 10.3. The van der Waals surface area contributed by atoms with Crippen molar-refractivity contribution in [3.63, 3.8) is 0 Å². The van der Waals surface area contributed by atoms with E-state index in [1.165, 1.54) is 6.20 Å². The van der Waals surface area contributed by atoms with E-state index >= 15 is 0 Å². The van der Waals surface area contributed by atoms with Gasteiger partial charge in [-0.15, -0.1) is 0 Å². The number of likely N-dealkylation sites (N-methyl/N-ethyl adjacent to an activating group) is 1. The molecule has 1 aromatic rings. The number of nitrogens with zero attached hydrogens (tertiary/aromatic N) is 2. The Hall–Kier alpha value is -0.920. The molecule has 0 aliphatic carbocycles. The lowest BCUT2D eigenvalue weighted by molar-refractivity contribution is 0.314. The second-order valence-corrected chi connectivity index (χ2v) is 5.73. The Bertz CT molecular complexity index is 438. The molecule has 7 heteroatoms. The summed E-state index contributed by atoms with van der Waals surface area (Å²) in [5, 5.41) is 0.107. The van der Waals surface area contributed by atoms with Gasteiger partial charge >= 0.3 is 0 Å². The first-order chi connectivity index (χ1) is 7.33. The fourth-order valence-corrected chi connectivity index (χ4v) is 2.12. The number of hydrogen-bond acceptors (Lipinski definition) is 4. The number of imidazole rings is 1. The molecule has 1 aromatic heterocycles. The second kappa shape index (κ2) is 4.94. The monoisotopic (exact) mass is 246 g/mol. The topological polar surface area (TPSA) is 78.1 Å². The van der Waals surface area contributed by atoms with Crippen LogP contribution in [-0.2, 0) is 10.0 Å². The smallest absolute Gasteiger partial charge is 0.257 e. The quantitative estimate of drug-likeness (QED) is 0.763. The third kappa shape index (κ3) is 3.29. The summed E-state index contributed by atoms with van der Waals surface area (Å²) < 4.78 is 26.1. The highest BCUT2D eigenvalue weighted by molar-refractivity contribution is 7.89. The predicted molar refractivity (Wildman–Crippen MR) is 61.7 cm³/mol. The molecule has 1 atom stereocenters. The van der Waals surface area contributed by atoms with Crippen LogP contribution in [0.5, 0.6) is 0 Å². The van der Waals surface area contributed by atoms with Crippen molar-refractivity contribution in [3.8, 4) is 0 Å². The van der Waals surface area contributed by atoms with E-state index in [2.05, 4.69) is 14.7 Å². The van der Waals surface area contributed by atoms with E-state index in [1.807, 2.05) is 25.9 Å². The Morgan fingerprint density at radius 1 is 1.56 bits per heavy atom. The van der Waals surface area contributed by atoms with Crippen molar-refractivity contribution in [1.29, 1.82) is 0 Å². The van der Waals surface area contributed by atoms with Crippen molar-refractivity contribution in [2.24, 2.45) is 0 Å². The molecule has 6 nitrogen and oxygen atoms in total. The Kier molecular flexibility index (Phi) is 4.06. The fraction of sp³-hybridized carbons (Fsp3) is 0.667. The van der Waals surface area contributed by atoms with Crippen LogP contribution in [-0.4, -0.2) is 50.0 Å².